The van der Waals surface area contributed by atoms with Gasteiger partial charge in [-0.3, -0.25) is 9.36 Å². The van der Waals surface area contributed by atoms with Crippen molar-refractivity contribution in [3.05, 3.63) is 35.5 Å². The van der Waals surface area contributed by atoms with Crippen molar-refractivity contribution in [3.63, 3.8) is 0 Å². The molecule has 96 valence electrons. The Morgan fingerprint density at radius 1 is 1.05 bits per heavy atom. The third-order valence-corrected chi connectivity index (χ3v) is 2.95. The second kappa shape index (κ2) is 4.43. The summed E-state index contributed by atoms with van der Waals surface area (Å²) in [6.07, 6.45) is 7.35. The number of nitrogens with zero attached hydrogens (tertiary/aromatic N) is 5. The Morgan fingerprint density at radius 2 is 1.68 bits per heavy atom. The number of rotatable bonds is 2. The third kappa shape index (κ3) is 2.32. The Balaban J connectivity index is 2.13. The maximum atomic E-state index is 5.22. The summed E-state index contributed by atoms with van der Waals surface area (Å²) in [7, 11) is 3.74. The van der Waals surface area contributed by atoms with Gasteiger partial charge in [-0.05, 0) is 6.07 Å². The fraction of sp³-hybridized carbons (Fsp3) is 0.167. The minimum absolute atomic E-state index is 0.538. The lowest BCUT2D eigenvalue weighted by molar-refractivity contribution is 0.768. The Morgan fingerprint density at radius 3 is 2.26 bits per heavy atom. The lowest BCUT2D eigenvalue weighted by Gasteiger charge is -2.02. The number of hydrogen-bond acceptors (Lipinski definition) is 4. The standard InChI is InChI=1S/C12H12N6S/c1-17-6-8(4-13-17)10-3-11(19)16-12(15-10)9-5-14-18(2)7-9/h3-7H,1-2H3,(H,15,16,19). The van der Waals surface area contributed by atoms with Gasteiger partial charge in [0.25, 0.3) is 0 Å². The molecule has 0 radical (unpaired) electrons. The third-order valence-electron chi connectivity index (χ3n) is 2.74. The monoisotopic (exact) mass is 272 g/mol. The van der Waals surface area contributed by atoms with Gasteiger partial charge in [-0.15, -0.1) is 0 Å². The molecule has 0 spiro atoms. The summed E-state index contributed by atoms with van der Waals surface area (Å²) in [4.78, 5) is 7.59. The first-order valence-corrected chi connectivity index (χ1v) is 6.12. The Kier molecular flexibility index (Phi) is 2.75. The number of aromatic amines is 1. The SMILES string of the molecule is Cn1cc(-c2cc(=S)nc(-c3cnn(C)c3)[nH]2)cn1. The van der Waals surface area contributed by atoms with E-state index in [-0.39, 0.29) is 0 Å². The molecule has 0 atom stereocenters. The van der Waals surface area contributed by atoms with E-state index in [1.807, 2.05) is 32.6 Å². The van der Waals surface area contributed by atoms with E-state index in [2.05, 4.69) is 20.2 Å². The van der Waals surface area contributed by atoms with Crippen molar-refractivity contribution in [2.45, 2.75) is 0 Å². The van der Waals surface area contributed by atoms with Crippen molar-refractivity contribution < 1.29 is 0 Å². The van der Waals surface area contributed by atoms with Gasteiger partial charge >= 0.3 is 0 Å². The minimum atomic E-state index is 0.538. The molecular formula is C12H12N6S. The van der Waals surface area contributed by atoms with E-state index in [4.69, 9.17) is 12.2 Å². The number of aromatic nitrogens is 6. The van der Waals surface area contributed by atoms with Crippen LogP contribution in [0.5, 0.6) is 0 Å². The first kappa shape index (κ1) is 11.8. The summed E-state index contributed by atoms with van der Waals surface area (Å²) in [6, 6.07) is 1.83. The highest BCUT2D eigenvalue weighted by Gasteiger charge is 2.07. The summed E-state index contributed by atoms with van der Waals surface area (Å²) in [5.41, 5.74) is 2.77. The van der Waals surface area contributed by atoms with Crippen molar-refractivity contribution in [1.82, 2.24) is 29.5 Å². The topological polar surface area (TPSA) is 64.3 Å². The molecule has 0 amide bonds. The van der Waals surface area contributed by atoms with E-state index in [0.29, 0.717) is 10.5 Å². The van der Waals surface area contributed by atoms with Gasteiger partial charge in [0.2, 0.25) is 0 Å². The van der Waals surface area contributed by atoms with Crippen LogP contribution in [0.4, 0.5) is 0 Å². The first-order chi connectivity index (χ1) is 9.11. The highest BCUT2D eigenvalue weighted by Crippen LogP contribution is 2.20. The molecule has 3 rings (SSSR count). The van der Waals surface area contributed by atoms with Crippen molar-refractivity contribution in [3.8, 4) is 22.6 Å². The second-order valence-electron chi connectivity index (χ2n) is 4.29. The fourth-order valence-electron chi connectivity index (χ4n) is 1.85. The van der Waals surface area contributed by atoms with Crippen LogP contribution < -0.4 is 0 Å². The van der Waals surface area contributed by atoms with E-state index in [1.165, 1.54) is 0 Å². The van der Waals surface area contributed by atoms with Crippen molar-refractivity contribution in [2.75, 3.05) is 0 Å². The largest absolute Gasteiger partial charge is 0.339 e. The lowest BCUT2D eigenvalue weighted by Crippen LogP contribution is -1.92. The molecule has 0 fully saturated rings. The van der Waals surface area contributed by atoms with Gasteiger partial charge in [0.05, 0.1) is 23.7 Å². The predicted molar refractivity (Wildman–Crippen MR) is 73.8 cm³/mol. The zero-order valence-electron chi connectivity index (χ0n) is 10.5. The zero-order chi connectivity index (χ0) is 13.4. The van der Waals surface area contributed by atoms with Crippen molar-refractivity contribution in [2.24, 2.45) is 14.1 Å². The van der Waals surface area contributed by atoms with Crippen LogP contribution in [0.15, 0.2) is 30.9 Å². The van der Waals surface area contributed by atoms with Crippen LogP contribution in [-0.4, -0.2) is 29.5 Å². The zero-order valence-corrected chi connectivity index (χ0v) is 11.3. The molecule has 0 bridgehead atoms. The van der Waals surface area contributed by atoms with Gasteiger partial charge in [0.15, 0.2) is 0 Å². The van der Waals surface area contributed by atoms with Crippen molar-refractivity contribution >= 4 is 12.2 Å². The first-order valence-electron chi connectivity index (χ1n) is 5.71. The van der Waals surface area contributed by atoms with Crippen LogP contribution in [0.2, 0.25) is 0 Å². The molecular weight excluding hydrogens is 260 g/mol. The van der Waals surface area contributed by atoms with Crippen LogP contribution in [0.1, 0.15) is 0 Å². The summed E-state index contributed by atoms with van der Waals surface area (Å²) in [5.74, 6) is 0.708. The fourth-order valence-corrected chi connectivity index (χ4v) is 2.06. The van der Waals surface area contributed by atoms with E-state index >= 15 is 0 Å². The molecule has 0 aliphatic carbocycles. The normalized spacial score (nSPS) is 10.8. The molecule has 0 aliphatic heterocycles. The molecule has 19 heavy (non-hydrogen) atoms. The van der Waals surface area contributed by atoms with E-state index < -0.39 is 0 Å². The number of nitrogens with one attached hydrogen (secondary N) is 1. The Labute approximate surface area is 114 Å². The molecule has 3 heterocycles. The summed E-state index contributed by atoms with van der Waals surface area (Å²) in [6.45, 7) is 0. The smallest absolute Gasteiger partial charge is 0.142 e. The average molecular weight is 272 g/mol. The molecule has 0 saturated carbocycles. The molecule has 6 nitrogen and oxygen atoms in total. The number of H-pyrrole nitrogens is 1. The predicted octanol–water partition coefficient (Wildman–Crippen LogP) is 1.94. The van der Waals surface area contributed by atoms with Crippen LogP contribution in [0.25, 0.3) is 22.6 Å². The molecule has 7 heteroatoms. The Bertz CT molecular complexity index is 720. The highest BCUT2D eigenvalue weighted by atomic mass is 32.1. The average Bonchev–Trinajstić information content (AvgIpc) is 2.97. The van der Waals surface area contributed by atoms with Crippen LogP contribution >= 0.6 is 12.2 Å². The summed E-state index contributed by atoms with van der Waals surface area (Å²) < 4.78 is 4.01. The molecule has 0 aromatic carbocycles. The van der Waals surface area contributed by atoms with Gasteiger partial charge < -0.3 is 4.98 Å². The second-order valence-corrected chi connectivity index (χ2v) is 4.71. The van der Waals surface area contributed by atoms with E-state index in [0.717, 1.165) is 16.8 Å². The molecule has 3 aromatic heterocycles. The number of aryl methyl sites for hydroxylation is 2. The Hall–Kier alpha value is -2.28. The molecule has 1 N–H and O–H groups in total. The maximum absolute atomic E-state index is 5.22. The molecule has 0 unspecified atom stereocenters. The number of hydrogen-bond donors (Lipinski definition) is 1. The van der Waals surface area contributed by atoms with Crippen LogP contribution in [0.3, 0.4) is 0 Å². The van der Waals surface area contributed by atoms with Gasteiger partial charge in [0.1, 0.15) is 10.5 Å². The van der Waals surface area contributed by atoms with Gasteiger partial charge in [0, 0.05) is 32.1 Å². The molecule has 3 aromatic rings. The van der Waals surface area contributed by atoms with Gasteiger partial charge in [-0.1, -0.05) is 12.2 Å². The van der Waals surface area contributed by atoms with Crippen LogP contribution in [-0.2, 0) is 14.1 Å². The van der Waals surface area contributed by atoms with Crippen LogP contribution in [0, 0.1) is 4.64 Å². The van der Waals surface area contributed by atoms with E-state index in [9.17, 15) is 0 Å². The van der Waals surface area contributed by atoms with Gasteiger partial charge in [-0.25, -0.2) is 4.98 Å². The summed E-state index contributed by atoms with van der Waals surface area (Å²) >= 11 is 5.22. The van der Waals surface area contributed by atoms with Gasteiger partial charge in [-0.2, -0.15) is 10.2 Å². The van der Waals surface area contributed by atoms with E-state index in [1.54, 1.807) is 21.8 Å². The quantitative estimate of drug-likeness (QED) is 0.724. The summed E-state index contributed by atoms with van der Waals surface area (Å²) in [5, 5.41) is 8.29. The lowest BCUT2D eigenvalue weighted by atomic mass is 10.2. The molecule has 0 saturated heterocycles. The molecule has 0 aliphatic rings. The minimum Gasteiger partial charge on any atom is -0.339 e. The highest BCUT2D eigenvalue weighted by molar-refractivity contribution is 7.71. The maximum Gasteiger partial charge on any atom is 0.142 e. The van der Waals surface area contributed by atoms with Crippen molar-refractivity contribution in [1.29, 1.82) is 0 Å².